The molecule has 0 heterocycles. The molecule has 1 atom stereocenters. The minimum absolute atomic E-state index is 0.631. The number of benzene rings is 1. The molecule has 0 amide bonds. The molecule has 0 aromatic heterocycles. The van der Waals surface area contributed by atoms with Crippen molar-refractivity contribution in [2.24, 2.45) is 11.8 Å². The Morgan fingerprint density at radius 3 is 2.60 bits per heavy atom. The average molecular weight is 298 g/mol. The van der Waals surface area contributed by atoms with E-state index in [2.05, 4.69) is 26.1 Å². The lowest BCUT2D eigenvalue weighted by Gasteiger charge is -2.19. The summed E-state index contributed by atoms with van der Waals surface area (Å²) in [6.07, 6.45) is 3.44. The highest BCUT2D eigenvalue weighted by Gasteiger charge is 2.13. The second-order valence-corrected chi connectivity index (χ2v) is 6.30. The van der Waals surface area contributed by atoms with Gasteiger partial charge in [-0.3, -0.25) is 0 Å². The predicted molar refractivity (Wildman–Crippen MR) is 87.8 cm³/mol. The zero-order valence-electron chi connectivity index (χ0n) is 13.2. The van der Waals surface area contributed by atoms with Crippen molar-refractivity contribution < 1.29 is 4.74 Å². The maximum absolute atomic E-state index is 6.11. The first-order valence-electron chi connectivity index (χ1n) is 7.59. The van der Waals surface area contributed by atoms with Crippen molar-refractivity contribution in [1.82, 2.24) is 5.32 Å². The Labute approximate surface area is 128 Å². The Morgan fingerprint density at radius 2 is 2.00 bits per heavy atom. The molecule has 0 radical (unpaired) electrons. The molecular formula is C17H28ClNO. The highest BCUT2D eigenvalue weighted by molar-refractivity contribution is 6.30. The van der Waals surface area contributed by atoms with Gasteiger partial charge in [0.25, 0.3) is 0 Å². The van der Waals surface area contributed by atoms with Crippen molar-refractivity contribution in [3.63, 3.8) is 0 Å². The molecule has 0 spiro atoms. The highest BCUT2D eigenvalue weighted by atomic mass is 35.5. The molecule has 3 heteroatoms. The van der Waals surface area contributed by atoms with Crippen LogP contribution in [0.2, 0.25) is 5.02 Å². The first-order valence-corrected chi connectivity index (χ1v) is 7.97. The monoisotopic (exact) mass is 297 g/mol. The maximum Gasteiger partial charge on any atom is 0.122 e. The zero-order valence-corrected chi connectivity index (χ0v) is 14.0. The maximum atomic E-state index is 6.11. The lowest BCUT2D eigenvalue weighted by Crippen LogP contribution is -2.27. The van der Waals surface area contributed by atoms with E-state index < -0.39 is 0 Å². The van der Waals surface area contributed by atoms with Gasteiger partial charge < -0.3 is 10.1 Å². The second kappa shape index (κ2) is 9.25. The molecule has 1 aromatic carbocycles. The molecule has 1 rings (SSSR count). The van der Waals surface area contributed by atoms with E-state index in [-0.39, 0.29) is 0 Å². The zero-order chi connectivity index (χ0) is 15.0. The van der Waals surface area contributed by atoms with Gasteiger partial charge in [0, 0.05) is 5.02 Å². The van der Waals surface area contributed by atoms with Crippen LogP contribution >= 0.6 is 11.6 Å². The van der Waals surface area contributed by atoms with Gasteiger partial charge in [-0.05, 0) is 61.5 Å². The summed E-state index contributed by atoms with van der Waals surface area (Å²) in [6, 6.07) is 5.88. The summed E-state index contributed by atoms with van der Waals surface area (Å²) in [6.45, 7) is 8.85. The Morgan fingerprint density at radius 1 is 1.25 bits per heavy atom. The van der Waals surface area contributed by atoms with Crippen LogP contribution < -0.4 is 10.1 Å². The quantitative estimate of drug-likeness (QED) is 0.722. The fourth-order valence-corrected chi connectivity index (χ4v) is 2.67. The largest absolute Gasteiger partial charge is 0.496 e. The summed E-state index contributed by atoms with van der Waals surface area (Å²) >= 11 is 6.11. The fourth-order valence-electron chi connectivity index (χ4n) is 2.48. The minimum atomic E-state index is 0.631. The smallest absolute Gasteiger partial charge is 0.122 e. The molecule has 2 nitrogen and oxygen atoms in total. The number of hydrogen-bond acceptors (Lipinski definition) is 2. The summed E-state index contributed by atoms with van der Waals surface area (Å²) < 4.78 is 5.44. The van der Waals surface area contributed by atoms with Gasteiger partial charge >= 0.3 is 0 Å². The third kappa shape index (κ3) is 6.15. The van der Waals surface area contributed by atoms with Gasteiger partial charge in [0.1, 0.15) is 5.75 Å². The van der Waals surface area contributed by atoms with Gasteiger partial charge in [0.15, 0.2) is 0 Å². The van der Waals surface area contributed by atoms with Crippen LogP contribution in [0, 0.1) is 11.8 Å². The first-order chi connectivity index (χ1) is 9.56. The normalized spacial score (nSPS) is 12.7. The van der Waals surface area contributed by atoms with E-state index in [1.807, 2.05) is 18.2 Å². The van der Waals surface area contributed by atoms with Crippen LogP contribution in [0.25, 0.3) is 0 Å². The number of rotatable bonds is 9. The number of methoxy groups -OCH3 is 1. The lowest BCUT2D eigenvalue weighted by atomic mass is 9.94. The number of ether oxygens (including phenoxy) is 1. The van der Waals surface area contributed by atoms with Gasteiger partial charge in [-0.1, -0.05) is 38.8 Å². The summed E-state index contributed by atoms with van der Waals surface area (Å²) in [5.41, 5.74) is 1.21. The van der Waals surface area contributed by atoms with Gasteiger partial charge in [0.05, 0.1) is 7.11 Å². The third-order valence-electron chi connectivity index (χ3n) is 3.43. The van der Waals surface area contributed by atoms with Crippen molar-refractivity contribution in [2.45, 2.75) is 40.0 Å². The summed E-state index contributed by atoms with van der Waals surface area (Å²) in [4.78, 5) is 0. The molecule has 1 unspecified atom stereocenters. The van der Waals surface area contributed by atoms with E-state index in [4.69, 9.17) is 16.3 Å². The minimum Gasteiger partial charge on any atom is -0.496 e. The third-order valence-corrected chi connectivity index (χ3v) is 3.67. The molecule has 1 aromatic rings. The van der Waals surface area contributed by atoms with Crippen LogP contribution in [0.4, 0.5) is 0 Å². The van der Waals surface area contributed by atoms with E-state index in [0.29, 0.717) is 11.8 Å². The van der Waals surface area contributed by atoms with Crippen molar-refractivity contribution in [3.8, 4) is 5.75 Å². The summed E-state index contributed by atoms with van der Waals surface area (Å²) in [7, 11) is 1.72. The van der Waals surface area contributed by atoms with Crippen LogP contribution in [0.1, 0.15) is 39.2 Å². The van der Waals surface area contributed by atoms with Crippen molar-refractivity contribution in [1.29, 1.82) is 0 Å². The van der Waals surface area contributed by atoms with Crippen LogP contribution in [-0.4, -0.2) is 20.2 Å². The SMILES string of the molecule is CCCC(CNCC(C)C)Cc1cc(Cl)ccc1OC. The topological polar surface area (TPSA) is 21.3 Å². The van der Waals surface area contributed by atoms with Gasteiger partial charge in [-0.2, -0.15) is 0 Å². The van der Waals surface area contributed by atoms with Gasteiger partial charge in [-0.15, -0.1) is 0 Å². The van der Waals surface area contributed by atoms with Crippen molar-refractivity contribution >= 4 is 11.6 Å². The fraction of sp³-hybridized carbons (Fsp3) is 0.647. The van der Waals surface area contributed by atoms with Gasteiger partial charge in [0.2, 0.25) is 0 Å². The highest BCUT2D eigenvalue weighted by Crippen LogP contribution is 2.26. The molecule has 0 saturated carbocycles. The molecule has 0 bridgehead atoms. The second-order valence-electron chi connectivity index (χ2n) is 5.87. The number of hydrogen-bond donors (Lipinski definition) is 1. The van der Waals surface area contributed by atoms with Crippen molar-refractivity contribution in [2.75, 3.05) is 20.2 Å². The molecule has 0 aliphatic rings. The molecular weight excluding hydrogens is 270 g/mol. The Kier molecular flexibility index (Phi) is 8.01. The molecule has 20 heavy (non-hydrogen) atoms. The average Bonchev–Trinajstić information content (AvgIpc) is 2.38. The summed E-state index contributed by atoms with van der Waals surface area (Å²) in [5.74, 6) is 2.27. The van der Waals surface area contributed by atoms with E-state index in [0.717, 1.165) is 30.3 Å². The van der Waals surface area contributed by atoms with Gasteiger partial charge in [-0.25, -0.2) is 0 Å². The molecule has 1 N–H and O–H groups in total. The van der Waals surface area contributed by atoms with E-state index in [1.54, 1.807) is 7.11 Å². The lowest BCUT2D eigenvalue weighted by molar-refractivity contribution is 0.390. The van der Waals surface area contributed by atoms with Crippen LogP contribution in [0.3, 0.4) is 0 Å². The molecule has 0 fully saturated rings. The molecule has 0 saturated heterocycles. The summed E-state index contributed by atoms with van der Waals surface area (Å²) in [5, 5.41) is 4.35. The molecule has 0 aliphatic carbocycles. The Balaban J connectivity index is 2.66. The number of halogens is 1. The standard InChI is InChI=1S/C17H28ClNO/c1-5-6-14(12-19-11-13(2)3)9-15-10-16(18)7-8-17(15)20-4/h7-8,10,13-14,19H,5-6,9,11-12H2,1-4H3. The predicted octanol–water partition coefficient (Wildman–Crippen LogP) is 4.55. The number of nitrogens with one attached hydrogen (secondary N) is 1. The first kappa shape index (κ1) is 17.3. The van der Waals surface area contributed by atoms with Crippen molar-refractivity contribution in [3.05, 3.63) is 28.8 Å². The van der Waals surface area contributed by atoms with Crippen LogP contribution in [0.5, 0.6) is 5.75 Å². The Bertz CT molecular complexity index is 393. The Hall–Kier alpha value is -0.730. The van der Waals surface area contributed by atoms with E-state index in [1.165, 1.54) is 18.4 Å². The van der Waals surface area contributed by atoms with Crippen LogP contribution in [0.15, 0.2) is 18.2 Å². The van der Waals surface area contributed by atoms with E-state index >= 15 is 0 Å². The molecule has 114 valence electrons. The van der Waals surface area contributed by atoms with Crippen LogP contribution in [-0.2, 0) is 6.42 Å². The van der Waals surface area contributed by atoms with E-state index in [9.17, 15) is 0 Å². The molecule has 0 aliphatic heterocycles.